The Kier molecular flexibility index (Phi) is 4.40. The zero-order valence-corrected chi connectivity index (χ0v) is 13.3. The molecule has 1 aliphatic rings. The number of nitrogens with zero attached hydrogens (tertiary/aromatic N) is 1. The molecule has 23 heavy (non-hydrogen) atoms. The second kappa shape index (κ2) is 6.47. The minimum Gasteiger partial charge on any atom is -0.504 e. The van der Waals surface area contributed by atoms with Gasteiger partial charge >= 0.3 is 0 Å². The van der Waals surface area contributed by atoms with E-state index in [0.29, 0.717) is 10.7 Å². The number of aromatic hydroxyl groups is 1. The molecule has 1 atom stereocenters. The number of hydrogen-bond acceptors (Lipinski definition) is 5. The Hall–Kier alpha value is -2.25. The summed E-state index contributed by atoms with van der Waals surface area (Å²) in [5, 5.41) is 14.8. The molecule has 6 nitrogen and oxygen atoms in total. The third-order valence-electron chi connectivity index (χ3n) is 3.18. The smallest absolute Gasteiger partial charge is 0.238 e. The van der Waals surface area contributed by atoms with Gasteiger partial charge < -0.3 is 15.7 Å². The van der Waals surface area contributed by atoms with E-state index in [4.69, 9.17) is 11.6 Å². The Bertz CT molecular complexity index is 784. The van der Waals surface area contributed by atoms with Gasteiger partial charge in [-0.1, -0.05) is 11.6 Å². The van der Waals surface area contributed by atoms with Crippen molar-refractivity contribution in [3.05, 3.63) is 41.6 Å². The van der Waals surface area contributed by atoms with E-state index < -0.39 is 11.2 Å². The third kappa shape index (κ3) is 3.57. The normalized spacial score (nSPS) is 16.4. The molecule has 1 aromatic carbocycles. The van der Waals surface area contributed by atoms with Crippen molar-refractivity contribution in [1.82, 2.24) is 4.98 Å². The summed E-state index contributed by atoms with van der Waals surface area (Å²) in [4.78, 5) is 28.9. The molecule has 0 bridgehead atoms. The van der Waals surface area contributed by atoms with Crippen LogP contribution < -0.4 is 10.6 Å². The fourth-order valence-corrected chi connectivity index (χ4v) is 3.36. The molecule has 8 heteroatoms. The summed E-state index contributed by atoms with van der Waals surface area (Å²) in [6.45, 7) is 0. The lowest BCUT2D eigenvalue weighted by molar-refractivity contribution is -0.120. The number of amides is 2. The number of halogens is 1. The highest BCUT2D eigenvalue weighted by atomic mass is 35.5. The van der Waals surface area contributed by atoms with Crippen LogP contribution in [0.25, 0.3) is 0 Å². The molecule has 0 saturated heterocycles. The SMILES string of the molecule is O=C(CC1Sc2ccc(Cl)cc2NC1=O)Nc1ncccc1O. The van der Waals surface area contributed by atoms with Gasteiger partial charge in [0.2, 0.25) is 11.8 Å². The first-order valence-corrected chi connectivity index (χ1v) is 7.99. The van der Waals surface area contributed by atoms with E-state index in [2.05, 4.69) is 15.6 Å². The lowest BCUT2D eigenvalue weighted by Gasteiger charge is -2.23. The van der Waals surface area contributed by atoms with Crippen molar-refractivity contribution in [2.45, 2.75) is 16.6 Å². The largest absolute Gasteiger partial charge is 0.504 e. The maximum absolute atomic E-state index is 12.1. The molecule has 2 aromatic rings. The Morgan fingerprint density at radius 3 is 3.04 bits per heavy atom. The number of carbonyl (C=O) groups is 2. The first-order chi connectivity index (χ1) is 11.0. The zero-order valence-electron chi connectivity index (χ0n) is 11.7. The van der Waals surface area contributed by atoms with Gasteiger partial charge in [-0.05, 0) is 30.3 Å². The highest BCUT2D eigenvalue weighted by Gasteiger charge is 2.29. The van der Waals surface area contributed by atoms with Crippen LogP contribution in [0.4, 0.5) is 11.5 Å². The van der Waals surface area contributed by atoms with Crippen LogP contribution in [0.2, 0.25) is 5.02 Å². The average Bonchev–Trinajstić information content (AvgIpc) is 2.50. The molecule has 0 aliphatic carbocycles. The number of thioether (sulfide) groups is 1. The molecule has 0 spiro atoms. The summed E-state index contributed by atoms with van der Waals surface area (Å²) in [7, 11) is 0. The number of rotatable bonds is 3. The number of benzene rings is 1. The van der Waals surface area contributed by atoms with Gasteiger partial charge in [0.05, 0.1) is 10.9 Å². The minimum atomic E-state index is -0.561. The van der Waals surface area contributed by atoms with Gasteiger partial charge in [0.1, 0.15) is 0 Å². The van der Waals surface area contributed by atoms with Gasteiger partial charge in [-0.25, -0.2) is 4.98 Å². The number of carbonyl (C=O) groups excluding carboxylic acids is 2. The van der Waals surface area contributed by atoms with Crippen LogP contribution in [0.15, 0.2) is 41.4 Å². The lowest BCUT2D eigenvalue weighted by atomic mass is 10.2. The van der Waals surface area contributed by atoms with Crippen LogP contribution in [0.5, 0.6) is 5.75 Å². The van der Waals surface area contributed by atoms with Gasteiger partial charge in [-0.15, -0.1) is 11.8 Å². The molecule has 1 aliphatic heterocycles. The predicted octanol–water partition coefficient (Wildman–Crippen LogP) is 2.88. The summed E-state index contributed by atoms with van der Waals surface area (Å²) < 4.78 is 0. The standard InChI is InChI=1S/C15H12ClN3O3S/c16-8-3-4-11-9(6-8)18-15(22)12(23-11)7-13(21)19-14-10(20)2-1-5-17-14/h1-6,12,20H,7H2,(H,18,22)(H,17,19,21). The van der Waals surface area contributed by atoms with Crippen LogP contribution in [0.3, 0.4) is 0 Å². The van der Waals surface area contributed by atoms with Crippen LogP contribution in [-0.4, -0.2) is 27.2 Å². The number of pyridine rings is 1. The molecule has 3 rings (SSSR count). The lowest BCUT2D eigenvalue weighted by Crippen LogP contribution is -2.32. The number of fused-ring (bicyclic) bond motifs is 1. The van der Waals surface area contributed by atoms with Crippen molar-refractivity contribution in [2.75, 3.05) is 10.6 Å². The monoisotopic (exact) mass is 349 g/mol. The van der Waals surface area contributed by atoms with Gasteiger partial charge in [-0.2, -0.15) is 0 Å². The maximum atomic E-state index is 12.1. The third-order valence-corrected chi connectivity index (χ3v) is 4.69. The first-order valence-electron chi connectivity index (χ1n) is 6.74. The van der Waals surface area contributed by atoms with E-state index in [1.165, 1.54) is 24.0 Å². The van der Waals surface area contributed by atoms with Gasteiger partial charge in [0, 0.05) is 22.5 Å². The fourth-order valence-electron chi connectivity index (χ4n) is 2.10. The van der Waals surface area contributed by atoms with Crippen molar-refractivity contribution >= 4 is 46.7 Å². The topological polar surface area (TPSA) is 91.3 Å². The highest BCUT2D eigenvalue weighted by Crippen LogP contribution is 2.38. The Morgan fingerprint density at radius 2 is 2.26 bits per heavy atom. The van der Waals surface area contributed by atoms with Crippen LogP contribution in [-0.2, 0) is 9.59 Å². The van der Waals surface area contributed by atoms with E-state index in [0.717, 1.165) is 4.90 Å². The molecule has 2 heterocycles. The minimum absolute atomic E-state index is 0.0332. The molecule has 0 saturated carbocycles. The fraction of sp³-hybridized carbons (Fsp3) is 0.133. The predicted molar refractivity (Wildman–Crippen MR) is 88.9 cm³/mol. The van der Waals surface area contributed by atoms with Crippen molar-refractivity contribution in [3.63, 3.8) is 0 Å². The van der Waals surface area contributed by atoms with Gasteiger partial charge in [0.15, 0.2) is 11.6 Å². The number of hydrogen-bond donors (Lipinski definition) is 3. The van der Waals surface area contributed by atoms with E-state index in [-0.39, 0.29) is 23.9 Å². The summed E-state index contributed by atoms with van der Waals surface area (Å²) in [5.74, 6) is -0.707. The Balaban J connectivity index is 1.68. The molecule has 0 fully saturated rings. The van der Waals surface area contributed by atoms with Crippen molar-refractivity contribution in [1.29, 1.82) is 0 Å². The van der Waals surface area contributed by atoms with E-state index in [1.807, 2.05) is 0 Å². The van der Waals surface area contributed by atoms with Crippen LogP contribution in [0.1, 0.15) is 6.42 Å². The molecule has 1 aromatic heterocycles. The quantitative estimate of drug-likeness (QED) is 0.792. The molecule has 3 N–H and O–H groups in total. The molecular formula is C15H12ClN3O3S. The Morgan fingerprint density at radius 1 is 1.43 bits per heavy atom. The summed E-state index contributed by atoms with van der Waals surface area (Å²) in [6.07, 6.45) is 1.42. The van der Waals surface area contributed by atoms with Crippen molar-refractivity contribution < 1.29 is 14.7 Å². The number of nitrogens with one attached hydrogen (secondary N) is 2. The second-order valence-corrected chi connectivity index (χ2v) is 6.54. The van der Waals surface area contributed by atoms with Crippen LogP contribution in [0, 0.1) is 0 Å². The maximum Gasteiger partial charge on any atom is 0.238 e. The summed E-state index contributed by atoms with van der Waals surface area (Å²) in [6, 6.07) is 8.18. The van der Waals surface area contributed by atoms with E-state index in [1.54, 1.807) is 24.3 Å². The van der Waals surface area contributed by atoms with E-state index in [9.17, 15) is 14.7 Å². The highest BCUT2D eigenvalue weighted by molar-refractivity contribution is 8.01. The van der Waals surface area contributed by atoms with Crippen LogP contribution >= 0.6 is 23.4 Å². The molecule has 2 amide bonds. The summed E-state index contributed by atoms with van der Waals surface area (Å²) >= 11 is 7.20. The molecule has 118 valence electrons. The average molecular weight is 350 g/mol. The number of anilines is 2. The summed E-state index contributed by atoms with van der Waals surface area (Å²) in [5.41, 5.74) is 0.645. The van der Waals surface area contributed by atoms with E-state index >= 15 is 0 Å². The molecule has 1 unspecified atom stereocenters. The Labute approximate surface area is 141 Å². The van der Waals surface area contributed by atoms with Gasteiger partial charge in [-0.3, -0.25) is 9.59 Å². The zero-order chi connectivity index (χ0) is 16.4. The second-order valence-electron chi connectivity index (χ2n) is 4.86. The number of aromatic nitrogens is 1. The first kappa shape index (κ1) is 15.6. The molecular weight excluding hydrogens is 338 g/mol. The van der Waals surface area contributed by atoms with Crippen molar-refractivity contribution in [3.8, 4) is 5.75 Å². The van der Waals surface area contributed by atoms with Gasteiger partial charge in [0.25, 0.3) is 0 Å². The van der Waals surface area contributed by atoms with Crippen molar-refractivity contribution in [2.24, 2.45) is 0 Å². The molecule has 0 radical (unpaired) electrons.